The molecule has 2 atom stereocenters. The summed E-state index contributed by atoms with van der Waals surface area (Å²) < 4.78 is 7.83. The number of carbonyl (C=O) groups is 1. The van der Waals surface area contributed by atoms with Crippen LogP contribution in [0.25, 0.3) is 5.65 Å². The molecule has 0 saturated heterocycles. The van der Waals surface area contributed by atoms with E-state index in [1.165, 1.54) is 6.42 Å². The lowest BCUT2D eigenvalue weighted by Gasteiger charge is -2.31. The summed E-state index contributed by atoms with van der Waals surface area (Å²) in [6, 6.07) is 13.3. The van der Waals surface area contributed by atoms with Crippen LogP contribution in [0.5, 0.6) is 5.75 Å². The first-order chi connectivity index (χ1) is 13.7. The molecule has 1 aliphatic rings. The summed E-state index contributed by atoms with van der Waals surface area (Å²) in [6.07, 6.45) is 8.32. The highest BCUT2D eigenvalue weighted by Gasteiger charge is 2.25. The molecule has 2 heterocycles. The van der Waals surface area contributed by atoms with Gasteiger partial charge >= 0.3 is 0 Å². The maximum atomic E-state index is 12.7. The zero-order valence-corrected chi connectivity index (χ0v) is 18.3. The minimum atomic E-state index is -0.0662. The summed E-state index contributed by atoms with van der Waals surface area (Å²) in [4.78, 5) is 17.2. The quantitative estimate of drug-likeness (QED) is 0.594. The fraction of sp³-hybridized carbons (Fsp3) is 0.364. The van der Waals surface area contributed by atoms with Gasteiger partial charge in [0.25, 0.3) is 5.91 Å². The van der Waals surface area contributed by atoms with Gasteiger partial charge in [-0.2, -0.15) is 0 Å². The molecule has 3 N–H and O–H groups in total. The summed E-state index contributed by atoms with van der Waals surface area (Å²) >= 11 is 0. The Bertz CT molecular complexity index is 930. The lowest BCUT2D eigenvalue weighted by atomic mass is 9.84. The van der Waals surface area contributed by atoms with Gasteiger partial charge in [-0.05, 0) is 55.6 Å². The van der Waals surface area contributed by atoms with Gasteiger partial charge in [0, 0.05) is 24.0 Å². The van der Waals surface area contributed by atoms with Gasteiger partial charge in [-0.25, -0.2) is 4.98 Å². The average Bonchev–Trinajstić information content (AvgIpc) is 3.16. The molecule has 1 saturated carbocycles. The van der Waals surface area contributed by atoms with E-state index in [1.807, 2.05) is 53.2 Å². The molecule has 1 fully saturated rings. The Balaban J connectivity index is 0.00000160. The second-order valence-corrected chi connectivity index (χ2v) is 7.38. The number of nitrogens with zero attached hydrogens (tertiary/aromatic N) is 2. The van der Waals surface area contributed by atoms with Crippen molar-refractivity contribution in [2.24, 2.45) is 11.7 Å². The molecular formula is C22H28Cl2N4O2. The monoisotopic (exact) mass is 450 g/mol. The maximum Gasteiger partial charge on any atom is 0.251 e. The van der Waals surface area contributed by atoms with E-state index in [1.54, 1.807) is 6.07 Å². The van der Waals surface area contributed by atoms with Gasteiger partial charge in [-0.15, -0.1) is 24.8 Å². The average molecular weight is 451 g/mol. The van der Waals surface area contributed by atoms with E-state index in [-0.39, 0.29) is 36.8 Å². The molecule has 2 aromatic heterocycles. The zero-order valence-electron chi connectivity index (χ0n) is 16.7. The van der Waals surface area contributed by atoms with Crippen LogP contribution in [-0.2, 0) is 6.61 Å². The number of hydrogen-bond acceptors (Lipinski definition) is 4. The number of halogens is 2. The third-order valence-corrected chi connectivity index (χ3v) is 5.43. The molecule has 8 heteroatoms. The fourth-order valence-corrected chi connectivity index (χ4v) is 3.87. The standard InChI is InChI=1S/C22H26N4O2.2ClH/c23-13-17-6-1-2-9-20(17)25-22(27)16-7-5-8-19(12-16)28-15-18-14-26-11-4-3-10-21(26)24-18;;/h3-5,7-8,10-12,14,17,20H,1-2,6,9,13,15,23H2,(H,25,27);2*1H. The first kappa shape index (κ1) is 24.0. The Hall–Kier alpha value is -2.28. The third-order valence-electron chi connectivity index (χ3n) is 5.43. The van der Waals surface area contributed by atoms with E-state index in [2.05, 4.69) is 10.3 Å². The smallest absolute Gasteiger partial charge is 0.251 e. The number of pyridine rings is 1. The number of hydrogen-bond donors (Lipinski definition) is 2. The van der Waals surface area contributed by atoms with Crippen LogP contribution in [0.15, 0.2) is 54.9 Å². The SMILES string of the molecule is Cl.Cl.NCC1CCCCC1NC(=O)c1cccc(OCc2cn3ccccc3n2)c1. The normalized spacial score (nSPS) is 18.2. The highest BCUT2D eigenvalue weighted by Crippen LogP contribution is 2.24. The molecule has 2 unspecified atom stereocenters. The van der Waals surface area contributed by atoms with Crippen LogP contribution in [0.1, 0.15) is 41.7 Å². The van der Waals surface area contributed by atoms with Crippen LogP contribution >= 0.6 is 24.8 Å². The largest absolute Gasteiger partial charge is 0.487 e. The zero-order chi connectivity index (χ0) is 19.3. The van der Waals surface area contributed by atoms with Crippen molar-refractivity contribution in [2.75, 3.05) is 6.54 Å². The number of amides is 1. The molecule has 0 bridgehead atoms. The van der Waals surface area contributed by atoms with Crippen molar-refractivity contribution >= 4 is 36.4 Å². The molecule has 4 rings (SSSR count). The van der Waals surface area contributed by atoms with Crippen molar-refractivity contribution in [3.05, 3.63) is 66.1 Å². The van der Waals surface area contributed by atoms with E-state index in [0.717, 1.165) is 30.6 Å². The molecule has 6 nitrogen and oxygen atoms in total. The molecule has 1 aliphatic carbocycles. The van der Waals surface area contributed by atoms with Crippen molar-refractivity contribution in [1.29, 1.82) is 0 Å². The number of carbonyl (C=O) groups excluding carboxylic acids is 1. The Morgan fingerprint density at radius 1 is 1.17 bits per heavy atom. The Morgan fingerprint density at radius 3 is 2.80 bits per heavy atom. The van der Waals surface area contributed by atoms with Gasteiger partial charge in [-0.1, -0.05) is 25.0 Å². The number of nitrogens with one attached hydrogen (secondary N) is 1. The molecule has 0 radical (unpaired) electrons. The topological polar surface area (TPSA) is 81.6 Å². The summed E-state index contributed by atoms with van der Waals surface area (Å²) in [5, 5.41) is 3.16. The van der Waals surface area contributed by atoms with Crippen molar-refractivity contribution in [1.82, 2.24) is 14.7 Å². The van der Waals surface area contributed by atoms with Crippen LogP contribution < -0.4 is 15.8 Å². The summed E-state index contributed by atoms with van der Waals surface area (Å²) in [5.74, 6) is 0.958. The second kappa shape index (κ2) is 11.2. The molecule has 3 aromatic rings. The highest BCUT2D eigenvalue weighted by atomic mass is 35.5. The summed E-state index contributed by atoms with van der Waals surface area (Å²) in [5.41, 5.74) is 8.21. The molecule has 1 aromatic carbocycles. The maximum absolute atomic E-state index is 12.7. The van der Waals surface area contributed by atoms with Crippen molar-refractivity contribution < 1.29 is 9.53 Å². The van der Waals surface area contributed by atoms with Gasteiger partial charge in [-0.3, -0.25) is 4.79 Å². The minimum absolute atomic E-state index is 0. The fourth-order valence-electron chi connectivity index (χ4n) is 3.87. The molecule has 30 heavy (non-hydrogen) atoms. The number of rotatable bonds is 6. The lowest BCUT2D eigenvalue weighted by molar-refractivity contribution is 0.0907. The number of imidazole rings is 1. The van der Waals surface area contributed by atoms with Crippen LogP contribution in [-0.4, -0.2) is 27.9 Å². The van der Waals surface area contributed by atoms with Crippen LogP contribution in [0.3, 0.4) is 0 Å². The first-order valence-electron chi connectivity index (χ1n) is 9.89. The van der Waals surface area contributed by atoms with Crippen LogP contribution in [0.4, 0.5) is 0 Å². The number of nitrogens with two attached hydrogens (primary N) is 1. The van der Waals surface area contributed by atoms with E-state index in [4.69, 9.17) is 10.5 Å². The number of aromatic nitrogens is 2. The van der Waals surface area contributed by atoms with Gasteiger partial charge in [0.2, 0.25) is 0 Å². The summed E-state index contributed by atoms with van der Waals surface area (Å²) in [6.45, 7) is 0.970. The predicted molar refractivity (Wildman–Crippen MR) is 123 cm³/mol. The number of fused-ring (bicyclic) bond motifs is 1. The van der Waals surface area contributed by atoms with Crippen LogP contribution in [0.2, 0.25) is 0 Å². The van der Waals surface area contributed by atoms with Gasteiger partial charge in [0.1, 0.15) is 18.0 Å². The lowest BCUT2D eigenvalue weighted by Crippen LogP contribution is -2.44. The third kappa shape index (κ3) is 5.65. The van der Waals surface area contributed by atoms with Crippen molar-refractivity contribution in [3.8, 4) is 5.75 Å². The van der Waals surface area contributed by atoms with Crippen LogP contribution in [0, 0.1) is 5.92 Å². The molecular weight excluding hydrogens is 423 g/mol. The number of ether oxygens (including phenoxy) is 1. The van der Waals surface area contributed by atoms with Crippen molar-refractivity contribution in [2.45, 2.75) is 38.3 Å². The molecule has 0 aliphatic heterocycles. The van der Waals surface area contributed by atoms with E-state index >= 15 is 0 Å². The van der Waals surface area contributed by atoms with E-state index in [0.29, 0.717) is 30.4 Å². The Kier molecular flexibility index (Phi) is 8.96. The summed E-state index contributed by atoms with van der Waals surface area (Å²) in [7, 11) is 0. The highest BCUT2D eigenvalue weighted by molar-refractivity contribution is 5.94. The molecule has 0 spiro atoms. The van der Waals surface area contributed by atoms with Gasteiger partial charge in [0.05, 0.1) is 5.69 Å². The van der Waals surface area contributed by atoms with E-state index in [9.17, 15) is 4.79 Å². The predicted octanol–water partition coefficient (Wildman–Crippen LogP) is 4.00. The van der Waals surface area contributed by atoms with Gasteiger partial charge in [0.15, 0.2) is 0 Å². The van der Waals surface area contributed by atoms with Crippen molar-refractivity contribution in [3.63, 3.8) is 0 Å². The van der Waals surface area contributed by atoms with E-state index < -0.39 is 0 Å². The number of benzene rings is 1. The van der Waals surface area contributed by atoms with Gasteiger partial charge < -0.3 is 20.2 Å². The molecule has 162 valence electrons. The molecule has 1 amide bonds. The Labute approximate surface area is 189 Å². The second-order valence-electron chi connectivity index (χ2n) is 7.38. The Morgan fingerprint density at radius 2 is 2.00 bits per heavy atom. The minimum Gasteiger partial charge on any atom is -0.487 e. The first-order valence-corrected chi connectivity index (χ1v) is 9.89.